The number of carbonyl (C=O) groups is 1. The summed E-state index contributed by atoms with van der Waals surface area (Å²) < 4.78 is 22.7. The van der Waals surface area contributed by atoms with Crippen LogP contribution in [0.1, 0.15) is 58.4 Å². The van der Waals surface area contributed by atoms with Crippen LogP contribution in [0.5, 0.6) is 5.75 Å². The molecule has 4 rings (SSSR count). The van der Waals surface area contributed by atoms with Crippen molar-refractivity contribution in [3.05, 3.63) is 71.0 Å². The van der Waals surface area contributed by atoms with Gasteiger partial charge in [-0.1, -0.05) is 82.2 Å². The molecule has 200 valence electrons. The summed E-state index contributed by atoms with van der Waals surface area (Å²) in [6.07, 6.45) is 8.86. The first kappa shape index (κ1) is 28.0. The molecule has 1 saturated heterocycles. The van der Waals surface area contributed by atoms with Crippen LogP contribution in [0.4, 0.5) is 4.39 Å². The number of ether oxygens (including phenoxy) is 1. The average molecular weight is 552 g/mol. The Labute approximate surface area is 234 Å². The van der Waals surface area contributed by atoms with Gasteiger partial charge in [0.1, 0.15) is 10.0 Å². The molecule has 0 saturated carbocycles. The van der Waals surface area contributed by atoms with Crippen molar-refractivity contribution in [1.29, 1.82) is 0 Å². The lowest BCUT2D eigenvalue weighted by Gasteiger charge is -2.21. The number of carbonyl (C=O) groups excluding carboxylic acids is 1. The number of thiocarbonyl (C=S) groups is 1. The van der Waals surface area contributed by atoms with E-state index in [1.54, 1.807) is 21.7 Å². The second-order valence-electron chi connectivity index (χ2n) is 9.42. The molecule has 1 fully saturated rings. The third-order valence-electron chi connectivity index (χ3n) is 6.57. The van der Waals surface area contributed by atoms with Gasteiger partial charge < -0.3 is 4.74 Å². The van der Waals surface area contributed by atoms with Gasteiger partial charge in [-0.25, -0.2) is 9.07 Å². The van der Waals surface area contributed by atoms with E-state index in [1.165, 1.54) is 17.8 Å². The van der Waals surface area contributed by atoms with E-state index < -0.39 is 5.82 Å². The van der Waals surface area contributed by atoms with Gasteiger partial charge in [-0.05, 0) is 55.2 Å². The van der Waals surface area contributed by atoms with Gasteiger partial charge in [0.15, 0.2) is 11.6 Å². The highest BCUT2D eigenvalue weighted by Crippen LogP contribution is 2.36. The Morgan fingerprint density at radius 1 is 1.13 bits per heavy atom. The largest absolute Gasteiger partial charge is 0.491 e. The maximum Gasteiger partial charge on any atom is 0.266 e. The van der Waals surface area contributed by atoms with Gasteiger partial charge in [0.2, 0.25) is 0 Å². The van der Waals surface area contributed by atoms with Gasteiger partial charge in [0.05, 0.1) is 17.2 Å². The molecule has 1 aromatic heterocycles. The van der Waals surface area contributed by atoms with E-state index in [0.29, 0.717) is 45.1 Å². The second kappa shape index (κ2) is 13.2. The molecule has 1 aliphatic rings. The maximum absolute atomic E-state index is 14.9. The maximum atomic E-state index is 14.9. The molecule has 8 heteroatoms. The molecule has 0 radical (unpaired) electrons. The summed E-state index contributed by atoms with van der Waals surface area (Å²) in [6, 6.07) is 14.6. The van der Waals surface area contributed by atoms with E-state index in [9.17, 15) is 9.18 Å². The molecule has 0 aliphatic carbocycles. The van der Waals surface area contributed by atoms with E-state index >= 15 is 0 Å². The van der Waals surface area contributed by atoms with Crippen LogP contribution in [0.25, 0.3) is 23.0 Å². The van der Waals surface area contributed by atoms with Crippen LogP contribution >= 0.6 is 24.0 Å². The highest BCUT2D eigenvalue weighted by Gasteiger charge is 2.33. The number of benzene rings is 2. The summed E-state index contributed by atoms with van der Waals surface area (Å²) in [5.74, 6) is 0.113. The van der Waals surface area contributed by atoms with E-state index in [-0.39, 0.29) is 11.7 Å². The fourth-order valence-electron chi connectivity index (χ4n) is 4.38. The fourth-order valence-corrected chi connectivity index (χ4v) is 5.65. The predicted octanol–water partition coefficient (Wildman–Crippen LogP) is 7.88. The SMILES string of the molecule is CCCCC(CC)CN1C(=O)/C(=C/c2cn(-c3ccccc3)nc2-c2ccc(OCCC)c(F)c2)SC1=S. The third kappa shape index (κ3) is 6.53. The highest BCUT2D eigenvalue weighted by molar-refractivity contribution is 8.26. The number of halogens is 1. The summed E-state index contributed by atoms with van der Waals surface area (Å²) >= 11 is 6.92. The summed E-state index contributed by atoms with van der Waals surface area (Å²) in [5.41, 5.74) is 2.77. The summed E-state index contributed by atoms with van der Waals surface area (Å²) in [4.78, 5) is 15.7. The number of hydrogen-bond acceptors (Lipinski definition) is 5. The van der Waals surface area contributed by atoms with Crippen molar-refractivity contribution in [2.45, 2.75) is 52.9 Å². The molecule has 5 nitrogen and oxygen atoms in total. The molecule has 2 heterocycles. The molecular weight excluding hydrogens is 517 g/mol. The fraction of sp³-hybridized carbons (Fsp3) is 0.367. The number of rotatable bonds is 12. The van der Waals surface area contributed by atoms with Crippen molar-refractivity contribution in [3.63, 3.8) is 0 Å². The smallest absolute Gasteiger partial charge is 0.266 e. The van der Waals surface area contributed by atoms with E-state index in [2.05, 4.69) is 13.8 Å². The quantitative estimate of drug-likeness (QED) is 0.169. The number of hydrogen-bond donors (Lipinski definition) is 0. The van der Waals surface area contributed by atoms with Crippen LogP contribution in [0.15, 0.2) is 59.6 Å². The molecule has 2 aromatic carbocycles. The first-order valence-electron chi connectivity index (χ1n) is 13.3. The Morgan fingerprint density at radius 2 is 1.92 bits per heavy atom. The van der Waals surface area contributed by atoms with Crippen molar-refractivity contribution in [2.24, 2.45) is 5.92 Å². The topological polar surface area (TPSA) is 47.4 Å². The van der Waals surface area contributed by atoms with Crippen LogP contribution in [0.3, 0.4) is 0 Å². The Morgan fingerprint density at radius 3 is 2.61 bits per heavy atom. The minimum absolute atomic E-state index is 0.0807. The van der Waals surface area contributed by atoms with Crippen molar-refractivity contribution in [3.8, 4) is 22.7 Å². The number of para-hydroxylation sites is 1. The Hall–Kier alpha value is -2.97. The zero-order valence-corrected chi connectivity index (χ0v) is 23.8. The van der Waals surface area contributed by atoms with Crippen molar-refractivity contribution < 1.29 is 13.9 Å². The monoisotopic (exact) mass is 551 g/mol. The standard InChI is InChI=1S/C30H34FN3O2S2/c1-4-7-11-21(6-3)19-33-29(35)27(38-30(33)37)18-23-20-34(24-12-9-8-10-13-24)32-28(23)22-14-15-26(25(31)17-22)36-16-5-2/h8-10,12-15,17-18,20-21H,4-7,11,16,19H2,1-3H3/b27-18-. The molecule has 3 aromatic rings. The number of aromatic nitrogens is 2. The summed E-state index contributed by atoms with van der Waals surface area (Å²) in [5, 5.41) is 4.78. The van der Waals surface area contributed by atoms with Crippen LogP contribution in [0.2, 0.25) is 0 Å². The van der Waals surface area contributed by atoms with Crippen molar-refractivity contribution >= 4 is 40.3 Å². The van der Waals surface area contributed by atoms with E-state index in [4.69, 9.17) is 22.1 Å². The van der Waals surface area contributed by atoms with Crippen LogP contribution in [-0.2, 0) is 4.79 Å². The van der Waals surface area contributed by atoms with Gasteiger partial charge in [-0.2, -0.15) is 5.10 Å². The second-order valence-corrected chi connectivity index (χ2v) is 11.1. The molecule has 0 N–H and O–H groups in total. The lowest BCUT2D eigenvalue weighted by Crippen LogP contribution is -2.33. The van der Waals surface area contributed by atoms with Crippen molar-refractivity contribution in [2.75, 3.05) is 13.2 Å². The molecule has 0 spiro atoms. The molecule has 1 atom stereocenters. The van der Waals surface area contributed by atoms with Gasteiger partial charge in [0, 0.05) is 23.9 Å². The van der Waals surface area contributed by atoms with Crippen LogP contribution < -0.4 is 4.74 Å². The third-order valence-corrected chi connectivity index (χ3v) is 7.95. The lowest BCUT2D eigenvalue weighted by atomic mass is 9.99. The zero-order valence-electron chi connectivity index (χ0n) is 22.2. The number of thioether (sulfide) groups is 1. The van der Waals surface area contributed by atoms with Crippen LogP contribution in [0, 0.1) is 11.7 Å². The van der Waals surface area contributed by atoms with Crippen LogP contribution in [-0.4, -0.2) is 38.1 Å². The van der Waals surface area contributed by atoms with Gasteiger partial charge in [-0.15, -0.1) is 0 Å². The average Bonchev–Trinajstić information content (AvgIpc) is 3.46. The first-order valence-corrected chi connectivity index (χ1v) is 14.5. The van der Waals surface area contributed by atoms with Gasteiger partial charge in [0.25, 0.3) is 5.91 Å². The number of amides is 1. The Kier molecular flexibility index (Phi) is 9.74. The number of unbranched alkanes of at least 4 members (excludes halogenated alkanes) is 1. The number of nitrogens with zero attached hydrogens (tertiary/aromatic N) is 3. The molecule has 38 heavy (non-hydrogen) atoms. The normalized spacial score (nSPS) is 15.5. The molecule has 1 amide bonds. The van der Waals surface area contributed by atoms with E-state index in [1.807, 2.05) is 49.5 Å². The lowest BCUT2D eigenvalue weighted by molar-refractivity contribution is -0.122. The van der Waals surface area contributed by atoms with Gasteiger partial charge in [-0.3, -0.25) is 9.69 Å². The summed E-state index contributed by atoms with van der Waals surface area (Å²) in [6.45, 7) is 7.41. The van der Waals surface area contributed by atoms with Gasteiger partial charge >= 0.3 is 0 Å². The molecule has 1 aliphatic heterocycles. The predicted molar refractivity (Wildman–Crippen MR) is 158 cm³/mol. The molecular formula is C30H34FN3O2S2. The van der Waals surface area contributed by atoms with Crippen molar-refractivity contribution in [1.82, 2.24) is 14.7 Å². The highest BCUT2D eigenvalue weighted by atomic mass is 32.2. The molecule has 1 unspecified atom stereocenters. The molecule has 0 bridgehead atoms. The van der Waals surface area contributed by atoms with E-state index in [0.717, 1.165) is 37.8 Å². The Balaban J connectivity index is 1.69. The minimum Gasteiger partial charge on any atom is -0.491 e. The minimum atomic E-state index is -0.444. The Bertz CT molecular complexity index is 1310. The zero-order chi connectivity index (χ0) is 27.1. The first-order chi connectivity index (χ1) is 18.4. The summed E-state index contributed by atoms with van der Waals surface area (Å²) in [7, 11) is 0.